The van der Waals surface area contributed by atoms with E-state index >= 15 is 0 Å². The molecule has 5 nitrogen and oxygen atoms in total. The lowest BCUT2D eigenvalue weighted by molar-refractivity contribution is -0.129. The SMILES string of the molecule is CC.O=C(c1cc(C2CC2)c(OCC23CC4CC(CC(C4)C2)C3)cc1F)N1CCCC1.O=COCc1ccccc1. The Morgan fingerprint density at radius 3 is 2.15 bits per heavy atom. The molecule has 6 aliphatic rings. The molecule has 8 rings (SSSR count). The lowest BCUT2D eigenvalue weighted by atomic mass is 9.50. The second kappa shape index (κ2) is 13.4. The molecule has 1 saturated heterocycles. The summed E-state index contributed by atoms with van der Waals surface area (Å²) >= 11 is 0. The van der Waals surface area contributed by atoms with Crippen LogP contribution in [0.5, 0.6) is 5.75 Å². The number of carbonyl (C=O) groups is 2. The average molecular weight is 564 g/mol. The average Bonchev–Trinajstić information content (AvgIpc) is 3.68. The summed E-state index contributed by atoms with van der Waals surface area (Å²) in [5.74, 6) is 3.27. The van der Waals surface area contributed by atoms with Crippen molar-refractivity contribution in [2.75, 3.05) is 19.7 Å². The minimum atomic E-state index is -0.410. The molecule has 0 unspecified atom stereocenters. The number of carbonyl (C=O) groups excluding carboxylic acids is 2. The normalized spacial score (nSPS) is 27.3. The Bertz CT molecular complexity index is 1140. The van der Waals surface area contributed by atoms with Gasteiger partial charge in [-0.3, -0.25) is 9.59 Å². The lowest BCUT2D eigenvalue weighted by Gasteiger charge is -2.56. The highest BCUT2D eigenvalue weighted by Crippen LogP contribution is 2.60. The van der Waals surface area contributed by atoms with Crippen molar-refractivity contribution in [1.29, 1.82) is 0 Å². The highest BCUT2D eigenvalue weighted by atomic mass is 19.1. The molecule has 2 aromatic rings. The standard InChI is InChI=1S/C25H32FNO2.C8H8O2.C2H6/c26-22-11-23(29-15-25-12-16-7-17(13-25)9-18(8-16)14-25)20(19-3-4-19)10-21(22)24(28)27-5-1-2-6-27;9-7-10-6-8-4-2-1-3-5-8;1-2/h10-11,16-19H,1-9,12-15H2;1-5,7H,6H2;1-2H3. The zero-order valence-electron chi connectivity index (χ0n) is 24.8. The zero-order valence-corrected chi connectivity index (χ0v) is 24.8. The van der Waals surface area contributed by atoms with Crippen LogP contribution in [0.4, 0.5) is 4.39 Å². The van der Waals surface area contributed by atoms with Gasteiger partial charge in [0.05, 0.1) is 12.2 Å². The molecule has 41 heavy (non-hydrogen) atoms. The second-order valence-electron chi connectivity index (χ2n) is 12.7. The van der Waals surface area contributed by atoms with Gasteiger partial charge in [0.15, 0.2) is 0 Å². The predicted octanol–water partition coefficient (Wildman–Crippen LogP) is 7.92. The largest absolute Gasteiger partial charge is 0.493 e. The first-order valence-electron chi connectivity index (χ1n) is 15.9. The second-order valence-corrected chi connectivity index (χ2v) is 12.7. The molecule has 1 heterocycles. The van der Waals surface area contributed by atoms with Crippen molar-refractivity contribution < 1.29 is 23.5 Å². The van der Waals surface area contributed by atoms with Crippen LogP contribution in [0.2, 0.25) is 0 Å². The van der Waals surface area contributed by atoms with E-state index in [4.69, 9.17) is 4.74 Å². The summed E-state index contributed by atoms with van der Waals surface area (Å²) in [6, 6.07) is 12.9. The maximum absolute atomic E-state index is 15.0. The minimum Gasteiger partial charge on any atom is -0.493 e. The van der Waals surface area contributed by atoms with Crippen LogP contribution in [0.25, 0.3) is 0 Å². The van der Waals surface area contributed by atoms with Crippen LogP contribution in [0, 0.1) is 29.0 Å². The maximum atomic E-state index is 15.0. The first-order valence-corrected chi connectivity index (χ1v) is 15.9. The summed E-state index contributed by atoms with van der Waals surface area (Å²) in [7, 11) is 0. The van der Waals surface area contributed by atoms with E-state index in [0.717, 1.165) is 74.3 Å². The Morgan fingerprint density at radius 1 is 0.976 bits per heavy atom. The van der Waals surface area contributed by atoms with E-state index in [2.05, 4.69) is 4.74 Å². The number of ether oxygens (including phenoxy) is 2. The predicted molar refractivity (Wildman–Crippen MR) is 158 cm³/mol. The van der Waals surface area contributed by atoms with Crippen LogP contribution >= 0.6 is 0 Å². The van der Waals surface area contributed by atoms with Crippen LogP contribution in [0.15, 0.2) is 42.5 Å². The van der Waals surface area contributed by atoms with Crippen molar-refractivity contribution in [2.24, 2.45) is 23.2 Å². The van der Waals surface area contributed by atoms with Crippen LogP contribution in [0.3, 0.4) is 0 Å². The van der Waals surface area contributed by atoms with Crippen LogP contribution < -0.4 is 4.74 Å². The van der Waals surface area contributed by atoms with E-state index in [1.165, 1.54) is 44.6 Å². The number of rotatable bonds is 8. The molecular formula is C35H46FNO4. The van der Waals surface area contributed by atoms with Gasteiger partial charge in [0.1, 0.15) is 18.2 Å². The summed E-state index contributed by atoms with van der Waals surface area (Å²) in [5.41, 5.74) is 2.64. The fourth-order valence-corrected chi connectivity index (χ4v) is 8.07. The number of likely N-dealkylation sites (tertiary alicyclic amines) is 1. The van der Waals surface area contributed by atoms with E-state index in [1.54, 1.807) is 4.90 Å². The Labute approximate surface area is 244 Å². The van der Waals surface area contributed by atoms with Crippen molar-refractivity contribution in [3.8, 4) is 5.75 Å². The number of benzene rings is 2. The van der Waals surface area contributed by atoms with Crippen LogP contribution in [0.1, 0.15) is 105 Å². The van der Waals surface area contributed by atoms with Crippen molar-refractivity contribution in [1.82, 2.24) is 4.90 Å². The molecule has 0 radical (unpaired) electrons. The summed E-state index contributed by atoms with van der Waals surface area (Å²) in [6.07, 6.45) is 12.5. The van der Waals surface area contributed by atoms with Crippen molar-refractivity contribution in [3.05, 3.63) is 65.0 Å². The Morgan fingerprint density at radius 2 is 1.59 bits per heavy atom. The number of hydrogen-bond donors (Lipinski definition) is 0. The number of halogens is 1. The quantitative estimate of drug-likeness (QED) is 0.306. The van der Waals surface area contributed by atoms with Crippen molar-refractivity contribution in [3.63, 3.8) is 0 Å². The zero-order chi connectivity index (χ0) is 28.8. The van der Waals surface area contributed by atoms with Gasteiger partial charge in [-0.25, -0.2) is 4.39 Å². The van der Waals surface area contributed by atoms with Crippen LogP contribution in [-0.2, 0) is 16.1 Å². The smallest absolute Gasteiger partial charge is 0.293 e. The lowest BCUT2D eigenvalue weighted by Crippen LogP contribution is -2.48. The van der Waals surface area contributed by atoms with Gasteiger partial charge in [-0.15, -0.1) is 0 Å². The van der Waals surface area contributed by atoms with Crippen molar-refractivity contribution >= 4 is 12.4 Å². The fourth-order valence-electron chi connectivity index (χ4n) is 8.07. The molecule has 222 valence electrons. The first-order chi connectivity index (χ1) is 20.0. The van der Waals surface area contributed by atoms with Gasteiger partial charge in [-0.1, -0.05) is 44.2 Å². The number of amides is 1. The summed E-state index contributed by atoms with van der Waals surface area (Å²) in [5, 5.41) is 0. The van der Waals surface area contributed by atoms with Gasteiger partial charge in [0.2, 0.25) is 0 Å². The van der Waals surface area contributed by atoms with E-state index in [1.807, 2.05) is 50.2 Å². The third kappa shape index (κ3) is 7.13. The third-order valence-corrected chi connectivity index (χ3v) is 9.60. The first kappa shape index (κ1) is 29.6. The molecular weight excluding hydrogens is 517 g/mol. The minimum absolute atomic E-state index is 0.144. The fraction of sp³-hybridized carbons (Fsp3) is 0.600. The van der Waals surface area contributed by atoms with Gasteiger partial charge < -0.3 is 14.4 Å². The summed E-state index contributed by atoms with van der Waals surface area (Å²) in [4.78, 5) is 24.4. The Balaban J connectivity index is 0.000000239. The molecule has 0 spiro atoms. The van der Waals surface area contributed by atoms with Gasteiger partial charge in [-0.05, 0) is 105 Å². The van der Waals surface area contributed by atoms with Crippen LogP contribution in [-0.4, -0.2) is 37.0 Å². The molecule has 2 aromatic carbocycles. The molecule has 1 amide bonds. The highest BCUT2D eigenvalue weighted by Gasteiger charge is 2.51. The molecule has 6 heteroatoms. The van der Waals surface area contributed by atoms with E-state index in [9.17, 15) is 14.0 Å². The Hall–Kier alpha value is -2.89. The van der Waals surface area contributed by atoms with Gasteiger partial charge >= 0.3 is 0 Å². The molecule has 1 aliphatic heterocycles. The molecule has 0 atom stereocenters. The highest BCUT2D eigenvalue weighted by molar-refractivity contribution is 5.95. The number of nitrogens with zero attached hydrogens (tertiary/aromatic N) is 1. The van der Waals surface area contributed by atoms with Gasteiger partial charge in [-0.2, -0.15) is 0 Å². The third-order valence-electron chi connectivity index (χ3n) is 9.60. The van der Waals surface area contributed by atoms with Crippen molar-refractivity contribution in [2.45, 2.75) is 90.6 Å². The monoisotopic (exact) mass is 563 g/mol. The Kier molecular flexibility index (Phi) is 9.67. The topological polar surface area (TPSA) is 55.8 Å². The molecule has 5 aliphatic carbocycles. The number of hydrogen-bond acceptors (Lipinski definition) is 4. The van der Waals surface area contributed by atoms with E-state index < -0.39 is 5.82 Å². The maximum Gasteiger partial charge on any atom is 0.293 e. The van der Waals surface area contributed by atoms with E-state index in [0.29, 0.717) is 30.2 Å². The summed E-state index contributed by atoms with van der Waals surface area (Å²) in [6.45, 7) is 7.05. The molecule has 4 bridgehead atoms. The van der Waals surface area contributed by atoms with Gasteiger partial charge in [0, 0.05) is 24.6 Å². The molecule has 0 N–H and O–H groups in total. The molecule has 6 fully saturated rings. The van der Waals surface area contributed by atoms with Gasteiger partial charge in [0.25, 0.3) is 12.4 Å². The molecule has 5 saturated carbocycles. The summed E-state index contributed by atoms with van der Waals surface area (Å²) < 4.78 is 25.9. The van der Waals surface area contributed by atoms with E-state index in [-0.39, 0.29) is 11.5 Å². The molecule has 0 aromatic heterocycles.